The van der Waals surface area contributed by atoms with Gasteiger partial charge in [0.2, 0.25) is 0 Å². The highest BCUT2D eigenvalue weighted by atomic mass is 32.2. The molecular weight excluding hydrogens is 434 g/mol. The number of hydrogen-bond donors (Lipinski definition) is 0. The van der Waals surface area contributed by atoms with E-state index in [9.17, 15) is 0 Å². The van der Waals surface area contributed by atoms with E-state index in [2.05, 4.69) is 84.5 Å². The van der Waals surface area contributed by atoms with Gasteiger partial charge in [-0.15, -0.1) is 0 Å². The van der Waals surface area contributed by atoms with Crippen LogP contribution in [-0.2, 0) is 0 Å². The molecule has 1 aliphatic heterocycles. The molecule has 0 saturated carbocycles. The Morgan fingerprint density at radius 1 is 0.941 bits per heavy atom. The molecule has 4 rings (SSSR count). The van der Waals surface area contributed by atoms with Crippen LogP contribution in [0.5, 0.6) is 0 Å². The van der Waals surface area contributed by atoms with Gasteiger partial charge in [-0.3, -0.25) is 5.01 Å². The third-order valence-electron chi connectivity index (χ3n) is 6.38. The van der Waals surface area contributed by atoms with Crippen LogP contribution in [0.1, 0.15) is 45.1 Å². The Hall–Kier alpha value is -2.98. The average Bonchev–Trinajstić information content (AvgIpc) is 2.88. The highest BCUT2D eigenvalue weighted by molar-refractivity contribution is 7.99. The fourth-order valence-corrected chi connectivity index (χ4v) is 5.47. The van der Waals surface area contributed by atoms with Gasteiger partial charge in [0, 0.05) is 29.6 Å². The Labute approximate surface area is 209 Å². The molecule has 1 unspecified atom stereocenters. The maximum atomic E-state index is 4.51. The van der Waals surface area contributed by atoms with E-state index in [0.717, 1.165) is 12.2 Å². The van der Waals surface area contributed by atoms with Crippen molar-refractivity contribution in [3.8, 4) is 0 Å². The quantitative estimate of drug-likeness (QED) is 0.219. The van der Waals surface area contributed by atoms with Gasteiger partial charge in [-0.05, 0) is 60.4 Å². The number of hydrazone groups is 1. The van der Waals surface area contributed by atoms with Crippen molar-refractivity contribution in [2.24, 2.45) is 11.0 Å². The molecule has 34 heavy (non-hydrogen) atoms. The minimum Gasteiger partial charge on any atom is -0.339 e. The summed E-state index contributed by atoms with van der Waals surface area (Å²) < 4.78 is 0. The lowest BCUT2D eigenvalue weighted by Crippen LogP contribution is -2.27. The Balaban J connectivity index is 1.52. The van der Waals surface area contributed by atoms with Crippen LogP contribution in [0.2, 0.25) is 0 Å². The van der Waals surface area contributed by atoms with Crippen molar-refractivity contribution in [1.29, 1.82) is 0 Å². The third kappa shape index (κ3) is 5.92. The van der Waals surface area contributed by atoms with E-state index in [0.29, 0.717) is 5.92 Å². The normalized spacial score (nSPS) is 13.8. The first kappa shape index (κ1) is 24.2. The Morgan fingerprint density at radius 3 is 2.50 bits per heavy atom. The first-order valence-electron chi connectivity index (χ1n) is 12.4. The lowest BCUT2D eigenvalue weighted by molar-refractivity contribution is 0.457. The smallest absolute Gasteiger partial charge is 0.0590 e. The zero-order chi connectivity index (χ0) is 23.8. The molecule has 0 aliphatic carbocycles. The second-order valence-electron chi connectivity index (χ2n) is 8.81. The summed E-state index contributed by atoms with van der Waals surface area (Å²) in [7, 11) is 1.96. The molecule has 0 N–H and O–H groups in total. The van der Waals surface area contributed by atoms with Crippen molar-refractivity contribution in [2.45, 2.75) is 49.3 Å². The predicted molar refractivity (Wildman–Crippen MR) is 150 cm³/mol. The number of unbranched alkanes of at least 4 members (excludes halogenated alkanes) is 1. The zero-order valence-electron chi connectivity index (χ0n) is 20.5. The van der Waals surface area contributed by atoms with Gasteiger partial charge in [0.25, 0.3) is 0 Å². The maximum absolute atomic E-state index is 4.51. The molecule has 1 atom stereocenters. The van der Waals surface area contributed by atoms with Crippen molar-refractivity contribution < 1.29 is 0 Å². The summed E-state index contributed by atoms with van der Waals surface area (Å²) in [6, 6.07) is 25.8. The van der Waals surface area contributed by atoms with E-state index in [4.69, 9.17) is 0 Å². The Morgan fingerprint density at radius 2 is 1.71 bits per heavy atom. The highest BCUT2D eigenvalue weighted by Crippen LogP contribution is 2.48. The standard InChI is InChI=1S/C30H35N3S/c1-4-6-13-24(5-2)23-33-27-17-10-11-18-29(27)34-30-22-25(19-20-28(30)33)14-12-21-31-32(3)26-15-8-7-9-16-26/h7-12,14-22,24H,4-6,13,23H2,1-3H3/b14-12+,31-21+. The van der Waals surface area contributed by atoms with E-state index in [1.165, 1.54) is 52.4 Å². The van der Waals surface area contributed by atoms with Gasteiger partial charge in [0.1, 0.15) is 0 Å². The number of rotatable bonds is 10. The van der Waals surface area contributed by atoms with E-state index in [1.54, 1.807) is 0 Å². The second-order valence-corrected chi connectivity index (χ2v) is 9.89. The summed E-state index contributed by atoms with van der Waals surface area (Å²) in [5, 5.41) is 6.39. The largest absolute Gasteiger partial charge is 0.339 e. The Bertz CT molecular complexity index is 1120. The summed E-state index contributed by atoms with van der Waals surface area (Å²) in [4.78, 5) is 5.21. The van der Waals surface area contributed by atoms with Crippen molar-refractivity contribution in [3.63, 3.8) is 0 Å². The summed E-state index contributed by atoms with van der Waals surface area (Å²) in [5.41, 5.74) is 4.93. The zero-order valence-corrected chi connectivity index (χ0v) is 21.3. The van der Waals surface area contributed by atoms with Crippen LogP contribution < -0.4 is 9.91 Å². The van der Waals surface area contributed by atoms with Gasteiger partial charge in [-0.1, -0.05) is 87.3 Å². The molecule has 0 radical (unpaired) electrons. The minimum atomic E-state index is 0.710. The second kappa shape index (κ2) is 11.9. The summed E-state index contributed by atoms with van der Waals surface area (Å²) in [6.45, 7) is 5.69. The molecule has 3 aromatic carbocycles. The van der Waals surface area contributed by atoms with Gasteiger partial charge in [-0.2, -0.15) is 5.10 Å². The number of para-hydroxylation sites is 2. The van der Waals surface area contributed by atoms with Crippen LogP contribution in [0, 0.1) is 5.92 Å². The van der Waals surface area contributed by atoms with E-state index < -0.39 is 0 Å². The molecule has 0 aromatic heterocycles. The number of benzene rings is 3. The topological polar surface area (TPSA) is 18.8 Å². The molecule has 0 spiro atoms. The number of allylic oxidation sites excluding steroid dienone is 1. The number of hydrogen-bond acceptors (Lipinski definition) is 4. The van der Waals surface area contributed by atoms with Crippen LogP contribution in [0.15, 0.2) is 93.8 Å². The molecule has 1 heterocycles. The maximum Gasteiger partial charge on any atom is 0.0590 e. The molecule has 176 valence electrons. The molecule has 0 amide bonds. The van der Waals surface area contributed by atoms with E-state index >= 15 is 0 Å². The van der Waals surface area contributed by atoms with Crippen molar-refractivity contribution >= 4 is 41.1 Å². The average molecular weight is 470 g/mol. The predicted octanol–water partition coefficient (Wildman–Crippen LogP) is 8.64. The monoisotopic (exact) mass is 469 g/mol. The van der Waals surface area contributed by atoms with Gasteiger partial charge >= 0.3 is 0 Å². The SMILES string of the molecule is CCCCC(CC)CN1c2ccccc2Sc2cc(/C=C/C=N/N(C)c3ccccc3)ccc21. The van der Waals surface area contributed by atoms with Crippen LogP contribution >= 0.6 is 11.8 Å². The molecule has 3 nitrogen and oxygen atoms in total. The summed E-state index contributed by atoms with van der Waals surface area (Å²) in [5.74, 6) is 0.710. The number of nitrogens with zero attached hydrogens (tertiary/aromatic N) is 3. The van der Waals surface area contributed by atoms with Crippen molar-refractivity contribution in [2.75, 3.05) is 23.5 Å². The fourth-order valence-electron chi connectivity index (χ4n) is 4.33. The molecule has 0 fully saturated rings. The van der Waals surface area contributed by atoms with E-state index in [1.807, 2.05) is 54.3 Å². The molecule has 1 aliphatic rings. The molecular formula is C30H35N3S. The van der Waals surface area contributed by atoms with Gasteiger partial charge in [-0.25, -0.2) is 0 Å². The molecule has 0 bridgehead atoms. The molecule has 3 aromatic rings. The summed E-state index contributed by atoms with van der Waals surface area (Å²) >= 11 is 1.88. The van der Waals surface area contributed by atoms with Crippen LogP contribution in [0.4, 0.5) is 17.1 Å². The molecule has 4 heteroatoms. The Kier molecular flexibility index (Phi) is 8.48. The van der Waals surface area contributed by atoms with Gasteiger partial charge < -0.3 is 4.90 Å². The van der Waals surface area contributed by atoms with Gasteiger partial charge in [0.15, 0.2) is 0 Å². The van der Waals surface area contributed by atoms with Crippen LogP contribution in [-0.4, -0.2) is 19.8 Å². The van der Waals surface area contributed by atoms with Gasteiger partial charge in [0.05, 0.1) is 17.1 Å². The van der Waals surface area contributed by atoms with Crippen molar-refractivity contribution in [3.05, 3.63) is 84.4 Å². The van der Waals surface area contributed by atoms with Crippen LogP contribution in [0.25, 0.3) is 6.08 Å². The van der Waals surface area contributed by atoms with Crippen molar-refractivity contribution in [1.82, 2.24) is 0 Å². The lowest BCUT2D eigenvalue weighted by atomic mass is 9.98. The minimum absolute atomic E-state index is 0.710. The number of fused-ring (bicyclic) bond motifs is 2. The number of anilines is 3. The highest BCUT2D eigenvalue weighted by Gasteiger charge is 2.25. The summed E-state index contributed by atoms with van der Waals surface area (Å²) in [6.07, 6.45) is 11.1. The molecule has 0 saturated heterocycles. The lowest BCUT2D eigenvalue weighted by Gasteiger charge is -2.35. The van der Waals surface area contributed by atoms with E-state index in [-0.39, 0.29) is 0 Å². The van der Waals surface area contributed by atoms with Crippen LogP contribution in [0.3, 0.4) is 0 Å². The third-order valence-corrected chi connectivity index (χ3v) is 7.49. The fraction of sp³-hybridized carbons (Fsp3) is 0.300. The first-order chi connectivity index (χ1) is 16.7. The first-order valence-corrected chi connectivity index (χ1v) is 13.2.